The lowest BCUT2D eigenvalue weighted by Gasteiger charge is -2.34. The van der Waals surface area contributed by atoms with E-state index in [4.69, 9.17) is 25.8 Å². The Labute approximate surface area is 175 Å². The first-order valence-corrected chi connectivity index (χ1v) is 9.62. The van der Waals surface area contributed by atoms with Crippen LogP contribution in [0.1, 0.15) is 12.5 Å². The van der Waals surface area contributed by atoms with Crippen molar-refractivity contribution in [3.63, 3.8) is 0 Å². The quantitative estimate of drug-likeness (QED) is 0.407. The molecular weight excluding hydrogens is 394 g/mol. The number of hydrogen-bond acceptors (Lipinski definition) is 7. The average Bonchev–Trinajstić information content (AvgIpc) is 2.73. The van der Waals surface area contributed by atoms with Gasteiger partial charge in [-0.3, -0.25) is 9.80 Å². The molecule has 0 atom stereocenters. The molecule has 0 spiro atoms. The summed E-state index contributed by atoms with van der Waals surface area (Å²) in [5.74, 6) is 0.639. The smallest absolute Gasteiger partial charge is 0.308 e. The van der Waals surface area contributed by atoms with Crippen molar-refractivity contribution in [2.75, 3.05) is 45.3 Å². The van der Waals surface area contributed by atoms with E-state index in [2.05, 4.69) is 10.0 Å². The van der Waals surface area contributed by atoms with E-state index < -0.39 is 5.97 Å². The number of methoxy groups -OCH3 is 2. The predicted molar refractivity (Wildman–Crippen MR) is 114 cm³/mol. The number of carbonyl (C=O) groups excluding carboxylic acids is 1. The second kappa shape index (κ2) is 9.52. The van der Waals surface area contributed by atoms with Crippen LogP contribution < -0.4 is 19.1 Å². The van der Waals surface area contributed by atoms with E-state index >= 15 is 0 Å². The molecule has 0 radical (unpaired) electrons. The molecule has 0 amide bonds. The van der Waals surface area contributed by atoms with Crippen LogP contribution in [-0.4, -0.2) is 57.6 Å². The number of piperazine rings is 1. The van der Waals surface area contributed by atoms with Gasteiger partial charge in [-0.05, 0) is 36.4 Å². The molecule has 154 valence electrons. The van der Waals surface area contributed by atoms with Crippen molar-refractivity contribution in [2.45, 2.75) is 6.92 Å². The fraction of sp³-hybridized carbons (Fsp3) is 0.333. The molecule has 1 heterocycles. The fourth-order valence-electron chi connectivity index (χ4n) is 3.09. The van der Waals surface area contributed by atoms with E-state index in [9.17, 15) is 4.79 Å². The average molecular weight is 418 g/mol. The van der Waals surface area contributed by atoms with Gasteiger partial charge in [-0.2, -0.15) is 5.10 Å². The number of nitrogens with zero attached hydrogens (tertiary/aromatic N) is 3. The Hall–Kier alpha value is -2.93. The van der Waals surface area contributed by atoms with Crippen molar-refractivity contribution in [1.82, 2.24) is 5.01 Å². The van der Waals surface area contributed by atoms with Crippen LogP contribution in [-0.2, 0) is 4.79 Å². The van der Waals surface area contributed by atoms with Crippen molar-refractivity contribution in [1.29, 1.82) is 0 Å². The van der Waals surface area contributed by atoms with Crippen LogP contribution in [0.5, 0.6) is 17.2 Å². The summed E-state index contributed by atoms with van der Waals surface area (Å²) in [6, 6.07) is 11.4. The Morgan fingerprint density at radius 1 is 1.03 bits per heavy atom. The molecule has 0 N–H and O–H groups in total. The summed E-state index contributed by atoms with van der Waals surface area (Å²) in [5, 5.41) is 7.34. The predicted octanol–water partition coefficient (Wildman–Crippen LogP) is 3.44. The molecule has 1 saturated heterocycles. The molecule has 3 rings (SSSR count). The van der Waals surface area contributed by atoms with Crippen LogP contribution in [0.3, 0.4) is 0 Å². The fourth-order valence-corrected chi connectivity index (χ4v) is 3.21. The van der Waals surface area contributed by atoms with Crippen molar-refractivity contribution >= 4 is 29.5 Å². The molecule has 0 unspecified atom stereocenters. The normalized spacial score (nSPS) is 14.2. The Morgan fingerprint density at radius 3 is 2.14 bits per heavy atom. The van der Waals surface area contributed by atoms with Gasteiger partial charge in [-0.25, -0.2) is 0 Å². The van der Waals surface area contributed by atoms with Crippen LogP contribution in [0.2, 0.25) is 5.02 Å². The molecule has 0 saturated carbocycles. The standard InChI is InChI=1S/C21H24ClN3O4/c1-15(26)29-21-19(27-2)12-16(13-20(21)28-3)14-23-25-10-8-24(9-11-25)18-6-4-17(22)5-7-18/h4-7,12-14H,8-11H2,1-3H3. The second-order valence-corrected chi connectivity index (χ2v) is 6.95. The van der Waals surface area contributed by atoms with Crippen LogP contribution in [0, 0.1) is 0 Å². The summed E-state index contributed by atoms with van der Waals surface area (Å²) in [5.41, 5.74) is 1.95. The minimum absolute atomic E-state index is 0.260. The third-order valence-corrected chi connectivity index (χ3v) is 4.80. The lowest BCUT2D eigenvalue weighted by atomic mass is 10.2. The van der Waals surface area contributed by atoms with Gasteiger partial charge in [0.2, 0.25) is 5.75 Å². The molecule has 29 heavy (non-hydrogen) atoms. The number of rotatable bonds is 6. The molecule has 1 aliphatic rings. The highest BCUT2D eigenvalue weighted by molar-refractivity contribution is 6.30. The van der Waals surface area contributed by atoms with E-state index in [1.807, 2.05) is 29.3 Å². The van der Waals surface area contributed by atoms with E-state index in [1.165, 1.54) is 21.1 Å². The van der Waals surface area contributed by atoms with E-state index in [1.54, 1.807) is 18.3 Å². The number of ether oxygens (including phenoxy) is 3. The molecule has 0 aromatic heterocycles. The highest BCUT2D eigenvalue weighted by Crippen LogP contribution is 2.38. The number of esters is 1. The zero-order valence-electron chi connectivity index (χ0n) is 16.7. The van der Waals surface area contributed by atoms with Crippen molar-refractivity contribution < 1.29 is 19.0 Å². The Balaban J connectivity index is 1.67. The number of carbonyl (C=O) groups is 1. The Morgan fingerprint density at radius 2 is 1.62 bits per heavy atom. The number of halogens is 1. The lowest BCUT2D eigenvalue weighted by molar-refractivity contribution is -0.132. The van der Waals surface area contributed by atoms with Crippen LogP contribution in [0.15, 0.2) is 41.5 Å². The molecule has 1 aliphatic heterocycles. The molecule has 7 nitrogen and oxygen atoms in total. The van der Waals surface area contributed by atoms with Gasteiger partial charge >= 0.3 is 5.97 Å². The van der Waals surface area contributed by atoms with Gasteiger partial charge in [-0.15, -0.1) is 0 Å². The largest absolute Gasteiger partial charge is 0.493 e. The van der Waals surface area contributed by atoms with Crippen molar-refractivity contribution in [3.05, 3.63) is 47.0 Å². The first kappa shape index (κ1) is 20.8. The second-order valence-electron chi connectivity index (χ2n) is 6.51. The molecule has 2 aromatic rings. The maximum Gasteiger partial charge on any atom is 0.308 e. The Kier molecular flexibility index (Phi) is 6.82. The summed E-state index contributed by atoms with van der Waals surface area (Å²) in [4.78, 5) is 13.6. The lowest BCUT2D eigenvalue weighted by Crippen LogP contribution is -2.44. The van der Waals surface area contributed by atoms with Gasteiger partial charge in [0.1, 0.15) is 0 Å². The zero-order valence-corrected chi connectivity index (χ0v) is 17.5. The molecule has 1 fully saturated rings. The summed E-state index contributed by atoms with van der Waals surface area (Å²) in [7, 11) is 3.03. The van der Waals surface area contributed by atoms with Gasteiger partial charge in [0, 0.05) is 36.3 Å². The summed E-state index contributed by atoms with van der Waals surface area (Å²) >= 11 is 5.96. The minimum atomic E-state index is -0.443. The van der Waals surface area contributed by atoms with Crippen molar-refractivity contribution in [3.8, 4) is 17.2 Å². The third kappa shape index (κ3) is 5.32. The molecule has 8 heteroatoms. The third-order valence-electron chi connectivity index (χ3n) is 4.55. The van der Waals surface area contributed by atoms with E-state index in [-0.39, 0.29) is 5.75 Å². The van der Waals surface area contributed by atoms with Gasteiger partial charge in [0.15, 0.2) is 11.5 Å². The maximum absolute atomic E-state index is 11.3. The van der Waals surface area contributed by atoms with Crippen LogP contribution in [0.4, 0.5) is 5.69 Å². The van der Waals surface area contributed by atoms with E-state index in [0.29, 0.717) is 11.5 Å². The van der Waals surface area contributed by atoms with Crippen molar-refractivity contribution in [2.24, 2.45) is 5.10 Å². The number of benzene rings is 2. The Bertz CT molecular complexity index is 853. The van der Waals surface area contributed by atoms with Crippen LogP contribution >= 0.6 is 11.6 Å². The monoisotopic (exact) mass is 417 g/mol. The van der Waals surface area contributed by atoms with Gasteiger partial charge in [-0.1, -0.05) is 11.6 Å². The van der Waals surface area contributed by atoms with Gasteiger partial charge < -0.3 is 19.1 Å². The van der Waals surface area contributed by atoms with Gasteiger partial charge in [0.25, 0.3) is 0 Å². The van der Waals surface area contributed by atoms with Crippen LogP contribution in [0.25, 0.3) is 0 Å². The highest BCUT2D eigenvalue weighted by Gasteiger charge is 2.17. The zero-order chi connectivity index (χ0) is 20.8. The number of hydrogen-bond donors (Lipinski definition) is 0. The molecule has 0 aliphatic carbocycles. The number of hydrazone groups is 1. The highest BCUT2D eigenvalue weighted by atomic mass is 35.5. The van der Waals surface area contributed by atoms with E-state index in [0.717, 1.165) is 42.5 Å². The SMILES string of the molecule is COc1cc(C=NN2CCN(c3ccc(Cl)cc3)CC2)cc(OC)c1OC(C)=O. The molecule has 2 aromatic carbocycles. The molecule has 0 bridgehead atoms. The number of anilines is 1. The summed E-state index contributed by atoms with van der Waals surface area (Å²) in [6.45, 7) is 4.68. The maximum atomic E-state index is 11.3. The topological polar surface area (TPSA) is 63.6 Å². The first-order valence-electron chi connectivity index (χ1n) is 9.24. The minimum Gasteiger partial charge on any atom is -0.493 e. The summed E-state index contributed by atoms with van der Waals surface area (Å²) in [6.07, 6.45) is 1.75. The first-order chi connectivity index (χ1) is 14.0. The molecular formula is C21H24ClN3O4. The van der Waals surface area contributed by atoms with Gasteiger partial charge in [0.05, 0.1) is 33.5 Å². The summed E-state index contributed by atoms with van der Waals surface area (Å²) < 4.78 is 15.9.